The molecule has 0 fully saturated rings. The lowest BCUT2D eigenvalue weighted by atomic mass is 10.0. The molecule has 2 amide bonds. The second-order valence-corrected chi connectivity index (χ2v) is 8.35. The molecule has 1 atom stereocenters. The topological polar surface area (TPSA) is 108 Å². The third-order valence-electron chi connectivity index (χ3n) is 6.14. The number of carbonyl (C=O) groups is 2. The number of fused-ring (bicyclic) bond motifs is 1. The second kappa shape index (κ2) is 10.9. The number of amides is 2. The van der Waals surface area contributed by atoms with E-state index in [1.807, 2.05) is 38.4 Å². The highest BCUT2D eigenvalue weighted by Crippen LogP contribution is 2.32. The first-order valence-corrected chi connectivity index (χ1v) is 11.5. The third-order valence-corrected chi connectivity index (χ3v) is 6.14. The molecule has 0 saturated heterocycles. The zero-order valence-electron chi connectivity index (χ0n) is 19.8. The Balaban J connectivity index is 1.41. The molecule has 8 nitrogen and oxygen atoms in total. The zero-order chi connectivity index (χ0) is 24.8. The molecule has 4 rings (SSSR count). The normalized spacial score (nSPS) is 14.3. The van der Waals surface area contributed by atoms with E-state index < -0.39 is 5.91 Å². The highest BCUT2D eigenvalue weighted by atomic mass is 16.2. The van der Waals surface area contributed by atoms with Crippen molar-refractivity contribution in [1.29, 1.82) is 0 Å². The molecule has 1 aliphatic carbocycles. The Labute approximate surface area is 205 Å². The fourth-order valence-corrected chi connectivity index (χ4v) is 4.33. The van der Waals surface area contributed by atoms with Crippen LogP contribution in [0.3, 0.4) is 0 Å². The number of terminal acetylenes is 1. The number of benzene rings is 2. The Morgan fingerprint density at radius 1 is 1.06 bits per heavy atom. The number of nitrogens with one attached hydrogen (secondary N) is 4. The van der Waals surface area contributed by atoms with Crippen molar-refractivity contribution in [1.82, 2.24) is 31.2 Å². The molecule has 0 radical (unpaired) electrons. The van der Waals surface area contributed by atoms with Gasteiger partial charge in [-0.3, -0.25) is 9.59 Å². The Kier molecular flexibility index (Phi) is 7.51. The molecule has 0 spiro atoms. The van der Waals surface area contributed by atoms with Crippen LogP contribution in [-0.2, 0) is 13.0 Å². The van der Waals surface area contributed by atoms with E-state index in [0.717, 1.165) is 35.1 Å². The number of carbonyl (C=O) groups excluding carboxylic acids is 2. The maximum atomic E-state index is 12.9. The van der Waals surface area contributed by atoms with Crippen molar-refractivity contribution in [2.45, 2.75) is 31.6 Å². The fraction of sp³-hybridized carbons (Fsp3) is 0.259. The van der Waals surface area contributed by atoms with E-state index in [9.17, 15) is 9.59 Å². The molecular formula is C27H28N6O2. The first kappa shape index (κ1) is 24.1. The summed E-state index contributed by atoms with van der Waals surface area (Å²) in [5, 5.41) is 12.3. The van der Waals surface area contributed by atoms with Crippen LogP contribution in [0.15, 0.2) is 54.9 Å². The van der Waals surface area contributed by atoms with E-state index in [1.165, 1.54) is 18.0 Å². The van der Waals surface area contributed by atoms with Gasteiger partial charge in [0.15, 0.2) is 0 Å². The molecule has 1 aromatic heterocycles. The average Bonchev–Trinajstić information content (AvgIpc) is 3.30. The minimum Gasteiger partial charge on any atom is -0.347 e. The number of rotatable bonds is 8. The lowest BCUT2D eigenvalue weighted by Gasteiger charge is -2.18. The molecule has 1 unspecified atom stereocenters. The molecule has 3 aromatic rings. The van der Waals surface area contributed by atoms with E-state index in [2.05, 4.69) is 55.4 Å². The van der Waals surface area contributed by atoms with E-state index in [1.54, 1.807) is 0 Å². The van der Waals surface area contributed by atoms with E-state index in [-0.39, 0.29) is 29.5 Å². The average molecular weight is 469 g/mol. The summed E-state index contributed by atoms with van der Waals surface area (Å²) in [5.74, 6) is 1.84. The summed E-state index contributed by atoms with van der Waals surface area (Å²) in [4.78, 5) is 33.6. The number of nitrogens with zero attached hydrogens (tertiary/aromatic N) is 2. The van der Waals surface area contributed by atoms with Gasteiger partial charge >= 0.3 is 0 Å². The predicted octanol–water partition coefficient (Wildman–Crippen LogP) is 2.24. The fourth-order valence-electron chi connectivity index (χ4n) is 4.33. The van der Waals surface area contributed by atoms with Gasteiger partial charge in [0.2, 0.25) is 0 Å². The highest BCUT2D eigenvalue weighted by Gasteiger charge is 2.26. The largest absolute Gasteiger partial charge is 0.347 e. The minimum absolute atomic E-state index is 0.0702. The summed E-state index contributed by atoms with van der Waals surface area (Å²) < 4.78 is 0. The number of hydrogen-bond donors (Lipinski definition) is 4. The molecule has 35 heavy (non-hydrogen) atoms. The number of aromatic nitrogens is 2. The molecule has 2 aromatic carbocycles. The Morgan fingerprint density at radius 2 is 1.83 bits per heavy atom. The highest BCUT2D eigenvalue weighted by molar-refractivity contribution is 5.97. The van der Waals surface area contributed by atoms with Crippen LogP contribution in [0.25, 0.3) is 0 Å². The van der Waals surface area contributed by atoms with Crippen LogP contribution in [0.5, 0.6) is 0 Å². The molecule has 0 aliphatic heterocycles. The monoisotopic (exact) mass is 468 g/mol. The quantitative estimate of drug-likeness (QED) is 0.298. The van der Waals surface area contributed by atoms with Gasteiger partial charge in [-0.25, -0.2) is 9.97 Å². The van der Waals surface area contributed by atoms with Crippen molar-refractivity contribution in [3.8, 4) is 12.3 Å². The molecule has 1 heterocycles. The smallest absolute Gasteiger partial charge is 0.270 e. The molecule has 1 aliphatic rings. The van der Waals surface area contributed by atoms with Crippen molar-refractivity contribution in [2.75, 3.05) is 14.1 Å². The summed E-state index contributed by atoms with van der Waals surface area (Å²) in [6.45, 7) is 0.294. The van der Waals surface area contributed by atoms with Gasteiger partial charge in [-0.05, 0) is 61.3 Å². The van der Waals surface area contributed by atoms with Gasteiger partial charge in [-0.1, -0.05) is 36.3 Å². The van der Waals surface area contributed by atoms with Crippen molar-refractivity contribution in [3.63, 3.8) is 0 Å². The first-order valence-electron chi connectivity index (χ1n) is 11.5. The van der Waals surface area contributed by atoms with Crippen molar-refractivity contribution < 1.29 is 9.59 Å². The van der Waals surface area contributed by atoms with Gasteiger partial charge in [0.25, 0.3) is 11.8 Å². The van der Waals surface area contributed by atoms with Crippen LogP contribution in [0.2, 0.25) is 0 Å². The van der Waals surface area contributed by atoms with Crippen molar-refractivity contribution in [2.24, 2.45) is 0 Å². The van der Waals surface area contributed by atoms with Crippen LogP contribution in [-0.4, -0.2) is 35.9 Å². The molecule has 0 saturated carbocycles. The van der Waals surface area contributed by atoms with E-state index in [4.69, 9.17) is 6.42 Å². The lowest BCUT2D eigenvalue weighted by Crippen LogP contribution is -2.30. The van der Waals surface area contributed by atoms with Gasteiger partial charge in [0.05, 0.1) is 12.2 Å². The zero-order valence-corrected chi connectivity index (χ0v) is 19.8. The SMILES string of the molecule is C#Cc1cccc(CNC(=O)c2cc(C(=O)NC3CCc4cc(C(NC)NC)ccc43)ncn2)c1. The molecule has 178 valence electrons. The van der Waals surface area contributed by atoms with E-state index in [0.29, 0.717) is 6.54 Å². The molecule has 8 heteroatoms. The summed E-state index contributed by atoms with van der Waals surface area (Å²) in [6, 6.07) is 15.0. The second-order valence-electron chi connectivity index (χ2n) is 8.35. The van der Waals surface area contributed by atoms with Gasteiger partial charge in [0, 0.05) is 18.2 Å². The Hall–Kier alpha value is -4.06. The van der Waals surface area contributed by atoms with Crippen LogP contribution < -0.4 is 21.3 Å². The predicted molar refractivity (Wildman–Crippen MR) is 133 cm³/mol. The van der Waals surface area contributed by atoms with Crippen LogP contribution >= 0.6 is 0 Å². The van der Waals surface area contributed by atoms with Gasteiger partial charge < -0.3 is 21.3 Å². The summed E-state index contributed by atoms with van der Waals surface area (Å²) in [5.41, 5.74) is 5.37. The maximum Gasteiger partial charge on any atom is 0.270 e. The maximum absolute atomic E-state index is 12.9. The van der Waals surface area contributed by atoms with E-state index >= 15 is 0 Å². The lowest BCUT2D eigenvalue weighted by molar-refractivity contribution is 0.0931. The standard InChI is InChI=1S/C27H28N6O2/c1-4-17-6-5-7-18(12-17)15-30-26(34)23-14-24(32-16-31-23)27(35)33-22-11-9-19-13-20(8-10-21(19)22)25(28-2)29-3/h1,5-8,10,12-14,16,22,25,28-29H,9,11,15H2,2-3H3,(H,30,34)(H,33,35). The summed E-state index contributed by atoms with van der Waals surface area (Å²) >= 11 is 0. The van der Waals surface area contributed by atoms with Crippen molar-refractivity contribution in [3.05, 3.63) is 94.1 Å². The number of aryl methyl sites for hydroxylation is 1. The summed E-state index contributed by atoms with van der Waals surface area (Å²) in [7, 11) is 3.81. The number of hydrogen-bond acceptors (Lipinski definition) is 6. The van der Waals surface area contributed by atoms with Gasteiger partial charge in [-0.2, -0.15) is 0 Å². The van der Waals surface area contributed by atoms with Gasteiger partial charge in [-0.15, -0.1) is 6.42 Å². The van der Waals surface area contributed by atoms with Crippen molar-refractivity contribution >= 4 is 11.8 Å². The molecule has 0 bridgehead atoms. The minimum atomic E-state index is -0.394. The Bertz CT molecular complexity index is 1280. The van der Waals surface area contributed by atoms with Crippen LogP contribution in [0, 0.1) is 12.3 Å². The van der Waals surface area contributed by atoms with Crippen LogP contribution in [0.1, 0.15) is 67.4 Å². The molecular weight excluding hydrogens is 440 g/mol. The molecule has 4 N–H and O–H groups in total. The van der Waals surface area contributed by atoms with Crippen LogP contribution in [0.4, 0.5) is 0 Å². The summed E-state index contributed by atoms with van der Waals surface area (Å²) in [6.07, 6.45) is 8.42. The van der Waals surface area contributed by atoms with Gasteiger partial charge in [0.1, 0.15) is 17.7 Å². The third kappa shape index (κ3) is 5.54. The Morgan fingerprint density at radius 3 is 2.57 bits per heavy atom. The first-order chi connectivity index (χ1) is 17.0.